The third-order valence-corrected chi connectivity index (χ3v) is 5.32. The van der Waals surface area contributed by atoms with E-state index in [0.717, 1.165) is 34.1 Å². The van der Waals surface area contributed by atoms with Gasteiger partial charge in [0, 0.05) is 11.1 Å². The summed E-state index contributed by atoms with van der Waals surface area (Å²) in [5.41, 5.74) is 3.69. The van der Waals surface area contributed by atoms with Gasteiger partial charge in [-0.3, -0.25) is 0 Å². The molecule has 0 N–H and O–H groups in total. The zero-order valence-electron chi connectivity index (χ0n) is 17.0. The summed E-state index contributed by atoms with van der Waals surface area (Å²) in [4.78, 5) is 0. The number of allylic oxidation sites excluding steroid dienone is 2. The Kier molecular flexibility index (Phi) is 5.59. The average molecular weight is 422 g/mol. The van der Waals surface area contributed by atoms with E-state index >= 15 is 0 Å². The van der Waals surface area contributed by atoms with Gasteiger partial charge >= 0.3 is 6.18 Å². The Balaban J connectivity index is 1.75. The molecule has 1 aliphatic heterocycles. The zero-order chi connectivity index (χ0) is 22.0. The second-order valence-electron chi connectivity index (χ2n) is 7.30. The molecule has 4 rings (SSSR count). The molecule has 1 heterocycles. The van der Waals surface area contributed by atoms with E-state index in [4.69, 9.17) is 9.47 Å². The number of benzene rings is 3. The average Bonchev–Trinajstić information content (AvgIpc) is 2.77. The van der Waals surface area contributed by atoms with Gasteiger partial charge in [0.2, 0.25) is 0 Å². The van der Waals surface area contributed by atoms with E-state index < -0.39 is 11.7 Å². The molecule has 0 saturated carbocycles. The van der Waals surface area contributed by atoms with Crippen LogP contribution in [0, 0.1) is 0 Å². The van der Waals surface area contributed by atoms with Crippen molar-refractivity contribution in [2.75, 3.05) is 7.11 Å². The van der Waals surface area contributed by atoms with E-state index in [9.17, 15) is 13.2 Å². The largest absolute Gasteiger partial charge is 0.497 e. The fourth-order valence-corrected chi connectivity index (χ4v) is 3.82. The zero-order valence-corrected chi connectivity index (χ0v) is 17.0. The van der Waals surface area contributed by atoms with E-state index in [0.29, 0.717) is 29.9 Å². The molecule has 3 aromatic rings. The Labute approximate surface area is 179 Å². The molecule has 0 spiro atoms. The van der Waals surface area contributed by atoms with Crippen molar-refractivity contribution in [3.63, 3.8) is 0 Å². The number of ether oxygens (including phenoxy) is 2. The van der Waals surface area contributed by atoms with Crippen molar-refractivity contribution in [1.82, 2.24) is 0 Å². The van der Waals surface area contributed by atoms with Gasteiger partial charge < -0.3 is 9.47 Å². The Morgan fingerprint density at radius 3 is 2.35 bits per heavy atom. The minimum absolute atomic E-state index is 0.459. The fraction of sp³-hybridized carbons (Fsp3) is 0.154. The Morgan fingerprint density at radius 1 is 0.903 bits per heavy atom. The first-order chi connectivity index (χ1) is 14.9. The Morgan fingerprint density at radius 2 is 1.65 bits per heavy atom. The van der Waals surface area contributed by atoms with Crippen LogP contribution in [0.2, 0.25) is 0 Å². The molecule has 0 amide bonds. The van der Waals surface area contributed by atoms with Gasteiger partial charge in [-0.2, -0.15) is 13.2 Å². The number of alkyl halides is 3. The lowest BCUT2D eigenvalue weighted by Crippen LogP contribution is -2.09. The van der Waals surface area contributed by atoms with Gasteiger partial charge in [0.1, 0.15) is 17.3 Å². The number of methoxy groups -OCH3 is 1. The maximum absolute atomic E-state index is 13.1. The monoisotopic (exact) mass is 422 g/mol. The van der Waals surface area contributed by atoms with E-state index in [1.165, 1.54) is 12.1 Å². The van der Waals surface area contributed by atoms with Gasteiger partial charge in [-0.25, -0.2) is 0 Å². The van der Waals surface area contributed by atoms with Crippen molar-refractivity contribution >= 4 is 11.1 Å². The summed E-state index contributed by atoms with van der Waals surface area (Å²) in [5.74, 6) is 1.95. The van der Waals surface area contributed by atoms with Gasteiger partial charge in [0.05, 0.1) is 12.7 Å². The van der Waals surface area contributed by atoms with E-state index in [-0.39, 0.29) is 0 Å². The minimum Gasteiger partial charge on any atom is -0.497 e. The van der Waals surface area contributed by atoms with Gasteiger partial charge in [0.25, 0.3) is 0 Å². The van der Waals surface area contributed by atoms with Crippen LogP contribution in [0.15, 0.2) is 85.1 Å². The van der Waals surface area contributed by atoms with Crippen molar-refractivity contribution in [3.8, 4) is 11.5 Å². The van der Waals surface area contributed by atoms with E-state index in [2.05, 4.69) is 6.58 Å². The van der Waals surface area contributed by atoms with Crippen LogP contribution < -0.4 is 9.47 Å². The first-order valence-corrected chi connectivity index (χ1v) is 9.87. The first kappa shape index (κ1) is 20.8. The summed E-state index contributed by atoms with van der Waals surface area (Å²) < 4.78 is 50.5. The van der Waals surface area contributed by atoms with Crippen molar-refractivity contribution in [3.05, 3.63) is 107 Å². The van der Waals surface area contributed by atoms with Crippen molar-refractivity contribution < 1.29 is 22.6 Å². The summed E-state index contributed by atoms with van der Waals surface area (Å²) in [6.45, 7) is 4.10. The molecule has 0 bridgehead atoms. The van der Waals surface area contributed by atoms with Gasteiger partial charge in [-0.1, -0.05) is 55.1 Å². The molecular weight excluding hydrogens is 401 g/mol. The van der Waals surface area contributed by atoms with Crippen LogP contribution in [-0.2, 0) is 12.6 Å². The predicted octanol–water partition coefficient (Wildman–Crippen LogP) is 7.16. The lowest BCUT2D eigenvalue weighted by molar-refractivity contribution is -0.137. The molecule has 1 aliphatic rings. The van der Waals surface area contributed by atoms with Crippen LogP contribution in [0.3, 0.4) is 0 Å². The third-order valence-electron chi connectivity index (χ3n) is 5.32. The fourth-order valence-electron chi connectivity index (χ4n) is 3.82. The number of halogens is 3. The quantitative estimate of drug-likeness (QED) is 0.434. The molecular formula is C26H21F3O2. The van der Waals surface area contributed by atoms with Crippen LogP contribution in [-0.4, -0.2) is 7.11 Å². The molecule has 0 aliphatic carbocycles. The molecule has 0 fully saturated rings. The Bertz CT molecular complexity index is 1140. The summed E-state index contributed by atoms with van der Waals surface area (Å²) in [6, 6.07) is 20.7. The number of rotatable bonds is 5. The highest BCUT2D eigenvalue weighted by molar-refractivity contribution is 6.00. The molecule has 31 heavy (non-hydrogen) atoms. The lowest BCUT2D eigenvalue weighted by atomic mass is 9.87. The van der Waals surface area contributed by atoms with E-state index in [1.807, 2.05) is 48.5 Å². The van der Waals surface area contributed by atoms with Crippen molar-refractivity contribution in [2.24, 2.45) is 0 Å². The van der Waals surface area contributed by atoms with Gasteiger partial charge in [-0.05, 0) is 53.8 Å². The highest BCUT2D eigenvalue weighted by Gasteiger charge is 2.30. The smallest absolute Gasteiger partial charge is 0.416 e. The normalized spacial score (nSPS) is 13.6. The molecule has 0 aromatic heterocycles. The number of para-hydroxylation sites is 1. The van der Waals surface area contributed by atoms with E-state index in [1.54, 1.807) is 13.2 Å². The number of fused-ring (bicyclic) bond motifs is 1. The molecule has 0 unspecified atom stereocenters. The maximum Gasteiger partial charge on any atom is 0.416 e. The van der Waals surface area contributed by atoms with Crippen LogP contribution in [0.5, 0.6) is 11.5 Å². The van der Waals surface area contributed by atoms with Crippen molar-refractivity contribution in [1.29, 1.82) is 0 Å². The summed E-state index contributed by atoms with van der Waals surface area (Å²) in [6.07, 6.45) is -3.36. The van der Waals surface area contributed by atoms with Crippen molar-refractivity contribution in [2.45, 2.75) is 19.0 Å². The van der Waals surface area contributed by atoms with Crippen LogP contribution in [0.4, 0.5) is 13.2 Å². The lowest BCUT2D eigenvalue weighted by Gasteiger charge is -2.26. The SMILES string of the molecule is C=C1Oc2ccccc2C(CCc2cccc(C(F)(F)F)c2)=C1c1ccc(OC)cc1. The first-order valence-electron chi connectivity index (χ1n) is 9.87. The molecule has 3 aromatic carbocycles. The van der Waals surface area contributed by atoms with Crippen LogP contribution >= 0.6 is 0 Å². The number of hydrogen-bond donors (Lipinski definition) is 0. The number of hydrogen-bond acceptors (Lipinski definition) is 2. The summed E-state index contributed by atoms with van der Waals surface area (Å²) in [7, 11) is 1.60. The van der Waals surface area contributed by atoms with Crippen LogP contribution in [0.25, 0.3) is 11.1 Å². The summed E-state index contributed by atoms with van der Waals surface area (Å²) in [5, 5.41) is 0. The molecule has 0 saturated heterocycles. The summed E-state index contributed by atoms with van der Waals surface area (Å²) >= 11 is 0. The highest BCUT2D eigenvalue weighted by Crippen LogP contribution is 2.44. The molecule has 0 atom stereocenters. The second-order valence-corrected chi connectivity index (χ2v) is 7.30. The standard InChI is InChI=1S/C26H21F3O2/c1-17-25(19-11-13-21(30-2)14-12-19)23(22-8-3-4-9-24(22)31-17)15-10-18-6-5-7-20(16-18)26(27,28)29/h3-9,11-14,16H,1,10,15H2,2H3. The Hall–Kier alpha value is -3.47. The molecule has 5 heteroatoms. The van der Waals surface area contributed by atoms with Gasteiger partial charge in [0.15, 0.2) is 0 Å². The molecule has 0 radical (unpaired) electrons. The minimum atomic E-state index is -4.36. The molecule has 2 nitrogen and oxygen atoms in total. The predicted molar refractivity (Wildman–Crippen MR) is 116 cm³/mol. The highest BCUT2D eigenvalue weighted by atomic mass is 19.4. The maximum atomic E-state index is 13.1. The topological polar surface area (TPSA) is 18.5 Å². The molecule has 158 valence electrons. The third kappa shape index (κ3) is 4.36. The number of aryl methyl sites for hydroxylation is 1. The van der Waals surface area contributed by atoms with Crippen LogP contribution in [0.1, 0.15) is 28.7 Å². The second kappa shape index (κ2) is 8.34. The van der Waals surface area contributed by atoms with Gasteiger partial charge in [-0.15, -0.1) is 0 Å².